The highest BCUT2D eigenvalue weighted by atomic mass is 16.5. The largest absolute Gasteiger partial charge is 0.374 e. The first-order valence-electron chi connectivity index (χ1n) is 7.02. The summed E-state index contributed by atoms with van der Waals surface area (Å²) in [6.45, 7) is 10.0. The van der Waals surface area contributed by atoms with Gasteiger partial charge in [-0.05, 0) is 38.6 Å². The summed E-state index contributed by atoms with van der Waals surface area (Å²) in [5.74, 6) is 0.825. The van der Waals surface area contributed by atoms with E-state index in [9.17, 15) is 0 Å². The van der Waals surface area contributed by atoms with E-state index >= 15 is 0 Å². The van der Waals surface area contributed by atoms with Crippen LogP contribution in [-0.2, 0) is 4.74 Å². The number of ether oxygens (including phenoxy) is 1. The van der Waals surface area contributed by atoms with Crippen LogP contribution in [0.25, 0.3) is 0 Å². The summed E-state index contributed by atoms with van der Waals surface area (Å²) in [6.07, 6.45) is 7.33. The maximum atomic E-state index is 5.97. The molecule has 3 unspecified atom stereocenters. The Bertz CT molecular complexity index is 182. The fourth-order valence-electron chi connectivity index (χ4n) is 2.56. The van der Waals surface area contributed by atoms with Crippen molar-refractivity contribution in [2.24, 2.45) is 5.92 Å². The molecule has 16 heavy (non-hydrogen) atoms. The minimum absolute atomic E-state index is 0.460. The second kappa shape index (κ2) is 7.29. The third-order valence-corrected chi connectivity index (χ3v) is 3.48. The number of hydrogen-bond donors (Lipinski definition) is 1. The smallest absolute Gasteiger partial charge is 0.0732 e. The van der Waals surface area contributed by atoms with E-state index in [-0.39, 0.29) is 0 Å². The van der Waals surface area contributed by atoms with Gasteiger partial charge in [-0.3, -0.25) is 0 Å². The lowest BCUT2D eigenvalue weighted by Gasteiger charge is -2.24. The molecule has 1 rings (SSSR count). The van der Waals surface area contributed by atoms with E-state index in [4.69, 9.17) is 4.74 Å². The van der Waals surface area contributed by atoms with Gasteiger partial charge >= 0.3 is 0 Å². The lowest BCUT2D eigenvalue weighted by atomic mass is 9.98. The summed E-state index contributed by atoms with van der Waals surface area (Å²) >= 11 is 0. The SMILES string of the molecule is CCNC(CCCC(C)C)C1CCC(C)O1. The monoisotopic (exact) mass is 227 g/mol. The van der Waals surface area contributed by atoms with E-state index in [0.29, 0.717) is 18.2 Å². The van der Waals surface area contributed by atoms with E-state index in [1.165, 1.54) is 32.1 Å². The molecule has 1 N–H and O–H groups in total. The molecule has 0 bridgehead atoms. The average molecular weight is 227 g/mol. The molecule has 0 amide bonds. The van der Waals surface area contributed by atoms with Gasteiger partial charge in [-0.25, -0.2) is 0 Å². The summed E-state index contributed by atoms with van der Waals surface area (Å²) in [4.78, 5) is 0. The lowest BCUT2D eigenvalue weighted by Crippen LogP contribution is -2.39. The van der Waals surface area contributed by atoms with Gasteiger partial charge in [0.25, 0.3) is 0 Å². The van der Waals surface area contributed by atoms with Gasteiger partial charge in [-0.2, -0.15) is 0 Å². The first kappa shape index (κ1) is 14.0. The van der Waals surface area contributed by atoms with Crippen molar-refractivity contribution >= 4 is 0 Å². The van der Waals surface area contributed by atoms with E-state index in [1.807, 2.05) is 0 Å². The van der Waals surface area contributed by atoms with Crippen molar-refractivity contribution in [3.8, 4) is 0 Å². The van der Waals surface area contributed by atoms with Crippen molar-refractivity contribution in [2.75, 3.05) is 6.54 Å². The quantitative estimate of drug-likeness (QED) is 0.720. The molecular formula is C14H29NO. The Hall–Kier alpha value is -0.0800. The fraction of sp³-hybridized carbons (Fsp3) is 1.00. The van der Waals surface area contributed by atoms with Crippen LogP contribution >= 0.6 is 0 Å². The standard InChI is InChI=1S/C14H29NO/c1-5-15-13(8-6-7-11(2)3)14-10-9-12(4)16-14/h11-15H,5-10H2,1-4H3. The fourth-order valence-corrected chi connectivity index (χ4v) is 2.56. The summed E-state index contributed by atoms with van der Waals surface area (Å²) in [7, 11) is 0. The van der Waals surface area contributed by atoms with Crippen LogP contribution < -0.4 is 5.32 Å². The van der Waals surface area contributed by atoms with Crippen molar-refractivity contribution in [1.82, 2.24) is 5.32 Å². The van der Waals surface area contributed by atoms with Crippen LogP contribution in [0.3, 0.4) is 0 Å². The number of rotatable bonds is 7. The maximum absolute atomic E-state index is 5.97. The molecule has 0 aromatic heterocycles. The van der Waals surface area contributed by atoms with Gasteiger partial charge in [0.1, 0.15) is 0 Å². The summed E-state index contributed by atoms with van der Waals surface area (Å²) in [6, 6.07) is 0.577. The molecule has 1 heterocycles. The summed E-state index contributed by atoms with van der Waals surface area (Å²) < 4.78 is 5.97. The highest BCUT2D eigenvalue weighted by Crippen LogP contribution is 2.24. The zero-order valence-electron chi connectivity index (χ0n) is 11.5. The molecule has 0 aromatic rings. The van der Waals surface area contributed by atoms with Crippen LogP contribution in [0.5, 0.6) is 0 Å². The van der Waals surface area contributed by atoms with Crippen LogP contribution in [0.1, 0.15) is 59.8 Å². The normalized spacial score (nSPS) is 27.6. The molecule has 1 aliphatic heterocycles. The third-order valence-electron chi connectivity index (χ3n) is 3.48. The Balaban J connectivity index is 2.29. The van der Waals surface area contributed by atoms with Gasteiger partial charge < -0.3 is 10.1 Å². The predicted octanol–water partition coefficient (Wildman–Crippen LogP) is 3.36. The highest BCUT2D eigenvalue weighted by Gasteiger charge is 2.28. The molecule has 0 saturated carbocycles. The Kier molecular flexibility index (Phi) is 6.37. The van der Waals surface area contributed by atoms with Crippen LogP contribution in [-0.4, -0.2) is 24.8 Å². The zero-order valence-corrected chi connectivity index (χ0v) is 11.5. The Morgan fingerprint density at radius 3 is 2.50 bits per heavy atom. The molecule has 1 aliphatic rings. The molecular weight excluding hydrogens is 198 g/mol. The lowest BCUT2D eigenvalue weighted by molar-refractivity contribution is 0.0297. The molecule has 0 aliphatic carbocycles. The van der Waals surface area contributed by atoms with Gasteiger partial charge in [0.15, 0.2) is 0 Å². The molecule has 3 atom stereocenters. The zero-order chi connectivity index (χ0) is 12.0. The van der Waals surface area contributed by atoms with Gasteiger partial charge in [0.2, 0.25) is 0 Å². The van der Waals surface area contributed by atoms with E-state index < -0.39 is 0 Å². The second-order valence-electron chi connectivity index (χ2n) is 5.55. The Labute approximate surface area is 101 Å². The predicted molar refractivity (Wildman–Crippen MR) is 69.7 cm³/mol. The first-order valence-corrected chi connectivity index (χ1v) is 7.02. The molecule has 1 fully saturated rings. The summed E-state index contributed by atoms with van der Waals surface area (Å²) in [5.41, 5.74) is 0. The average Bonchev–Trinajstić information content (AvgIpc) is 2.63. The van der Waals surface area contributed by atoms with E-state index in [2.05, 4.69) is 33.0 Å². The highest BCUT2D eigenvalue weighted by molar-refractivity contribution is 4.82. The van der Waals surface area contributed by atoms with Crippen LogP contribution in [0.4, 0.5) is 0 Å². The minimum atomic E-state index is 0.460. The van der Waals surface area contributed by atoms with Crippen LogP contribution in [0.15, 0.2) is 0 Å². The number of likely N-dealkylation sites (N-methyl/N-ethyl adjacent to an activating group) is 1. The van der Waals surface area contributed by atoms with Crippen LogP contribution in [0.2, 0.25) is 0 Å². The number of hydrogen-bond acceptors (Lipinski definition) is 2. The molecule has 2 nitrogen and oxygen atoms in total. The maximum Gasteiger partial charge on any atom is 0.0732 e. The van der Waals surface area contributed by atoms with Crippen molar-refractivity contribution in [3.05, 3.63) is 0 Å². The minimum Gasteiger partial charge on any atom is -0.374 e. The molecule has 0 spiro atoms. The van der Waals surface area contributed by atoms with E-state index in [1.54, 1.807) is 0 Å². The Morgan fingerprint density at radius 1 is 1.25 bits per heavy atom. The van der Waals surface area contributed by atoms with E-state index in [0.717, 1.165) is 12.5 Å². The van der Waals surface area contributed by atoms with Crippen molar-refractivity contribution < 1.29 is 4.74 Å². The Morgan fingerprint density at radius 2 is 2.00 bits per heavy atom. The molecule has 2 heteroatoms. The van der Waals surface area contributed by atoms with Gasteiger partial charge in [-0.1, -0.05) is 33.6 Å². The summed E-state index contributed by atoms with van der Waals surface area (Å²) in [5, 5.41) is 3.59. The van der Waals surface area contributed by atoms with Crippen molar-refractivity contribution in [3.63, 3.8) is 0 Å². The van der Waals surface area contributed by atoms with Crippen LogP contribution in [0, 0.1) is 5.92 Å². The van der Waals surface area contributed by atoms with Crippen molar-refractivity contribution in [1.29, 1.82) is 0 Å². The number of nitrogens with one attached hydrogen (secondary N) is 1. The topological polar surface area (TPSA) is 21.3 Å². The van der Waals surface area contributed by atoms with Gasteiger partial charge in [-0.15, -0.1) is 0 Å². The molecule has 0 aromatic carbocycles. The first-order chi connectivity index (χ1) is 7.63. The third kappa shape index (κ3) is 4.84. The molecule has 0 radical (unpaired) electrons. The van der Waals surface area contributed by atoms with Crippen molar-refractivity contribution in [2.45, 2.75) is 78.0 Å². The van der Waals surface area contributed by atoms with Gasteiger partial charge in [0, 0.05) is 6.04 Å². The second-order valence-corrected chi connectivity index (χ2v) is 5.55. The molecule has 1 saturated heterocycles. The molecule has 96 valence electrons. The van der Waals surface area contributed by atoms with Gasteiger partial charge in [0.05, 0.1) is 12.2 Å².